The monoisotopic (exact) mass is 285 g/mol. The highest BCUT2D eigenvalue weighted by atomic mass is 32.2. The minimum absolute atomic E-state index is 0.407. The molecule has 1 aliphatic carbocycles. The third-order valence-electron chi connectivity index (χ3n) is 4.06. The first-order valence-electron chi connectivity index (χ1n) is 6.76. The standard InChI is InChI=1S/C13H23N3S2/c1-11-14-15-12(16(11)2)18-10-13(9-17)7-5-3-4-6-8-13/h17H,3-10H2,1-2H3. The van der Waals surface area contributed by atoms with Gasteiger partial charge in [0.2, 0.25) is 0 Å². The Labute approximate surface area is 120 Å². The average Bonchev–Trinajstić information content (AvgIpc) is 2.61. The fourth-order valence-corrected chi connectivity index (χ4v) is 4.39. The van der Waals surface area contributed by atoms with Crippen LogP contribution in [0.3, 0.4) is 0 Å². The number of aromatic nitrogens is 3. The van der Waals surface area contributed by atoms with Crippen LogP contribution in [0.5, 0.6) is 0 Å². The quantitative estimate of drug-likeness (QED) is 0.522. The molecule has 0 spiro atoms. The van der Waals surface area contributed by atoms with Crippen molar-refractivity contribution in [3.63, 3.8) is 0 Å². The Bertz CT molecular complexity index is 382. The predicted octanol–water partition coefficient (Wildman–Crippen LogP) is 3.49. The second-order valence-electron chi connectivity index (χ2n) is 5.45. The molecule has 1 aliphatic rings. The van der Waals surface area contributed by atoms with Gasteiger partial charge in [-0.1, -0.05) is 37.4 Å². The Morgan fingerprint density at radius 1 is 1.22 bits per heavy atom. The molecule has 0 amide bonds. The van der Waals surface area contributed by atoms with Gasteiger partial charge in [-0.25, -0.2) is 0 Å². The van der Waals surface area contributed by atoms with E-state index in [4.69, 9.17) is 0 Å². The van der Waals surface area contributed by atoms with Gasteiger partial charge in [0.1, 0.15) is 5.82 Å². The molecular formula is C13H23N3S2. The maximum Gasteiger partial charge on any atom is 0.190 e. The zero-order valence-corrected chi connectivity index (χ0v) is 13.1. The molecule has 2 rings (SSSR count). The molecule has 0 aromatic carbocycles. The van der Waals surface area contributed by atoms with E-state index in [-0.39, 0.29) is 0 Å². The number of rotatable bonds is 4. The highest BCUT2D eigenvalue weighted by molar-refractivity contribution is 7.99. The van der Waals surface area contributed by atoms with Crippen LogP contribution in [0.25, 0.3) is 0 Å². The first-order chi connectivity index (χ1) is 8.67. The van der Waals surface area contributed by atoms with Crippen LogP contribution in [0.15, 0.2) is 5.16 Å². The van der Waals surface area contributed by atoms with Crippen molar-refractivity contribution in [1.29, 1.82) is 0 Å². The maximum absolute atomic E-state index is 4.62. The van der Waals surface area contributed by atoms with Crippen molar-refractivity contribution in [3.8, 4) is 0 Å². The van der Waals surface area contributed by atoms with Crippen molar-refractivity contribution >= 4 is 24.4 Å². The highest BCUT2D eigenvalue weighted by Gasteiger charge is 2.30. The number of hydrogen-bond donors (Lipinski definition) is 1. The second-order valence-corrected chi connectivity index (χ2v) is 6.71. The van der Waals surface area contributed by atoms with Crippen molar-refractivity contribution < 1.29 is 0 Å². The summed E-state index contributed by atoms with van der Waals surface area (Å²) in [6.07, 6.45) is 8.14. The summed E-state index contributed by atoms with van der Waals surface area (Å²) in [5, 5.41) is 9.40. The van der Waals surface area contributed by atoms with Crippen LogP contribution in [0.4, 0.5) is 0 Å². The molecule has 18 heavy (non-hydrogen) atoms. The lowest BCUT2D eigenvalue weighted by Crippen LogP contribution is -2.25. The maximum atomic E-state index is 4.62. The smallest absolute Gasteiger partial charge is 0.190 e. The molecule has 1 fully saturated rings. The molecule has 0 atom stereocenters. The fraction of sp³-hybridized carbons (Fsp3) is 0.846. The number of hydrogen-bond acceptors (Lipinski definition) is 4. The molecule has 1 aromatic heterocycles. The lowest BCUT2D eigenvalue weighted by Gasteiger charge is -2.30. The zero-order valence-electron chi connectivity index (χ0n) is 11.4. The molecule has 0 N–H and O–H groups in total. The average molecular weight is 285 g/mol. The molecule has 1 heterocycles. The van der Waals surface area contributed by atoms with E-state index in [1.54, 1.807) is 0 Å². The van der Waals surface area contributed by atoms with E-state index in [9.17, 15) is 0 Å². The van der Waals surface area contributed by atoms with E-state index in [1.165, 1.54) is 38.5 Å². The summed E-state index contributed by atoms with van der Waals surface area (Å²) in [5.41, 5.74) is 0.407. The lowest BCUT2D eigenvalue weighted by atomic mass is 9.84. The third kappa shape index (κ3) is 3.23. The molecular weight excluding hydrogens is 262 g/mol. The number of thioether (sulfide) groups is 1. The summed E-state index contributed by atoms with van der Waals surface area (Å²) in [6, 6.07) is 0. The van der Waals surface area contributed by atoms with E-state index < -0.39 is 0 Å². The number of thiol groups is 1. The van der Waals surface area contributed by atoms with Gasteiger partial charge in [-0.3, -0.25) is 0 Å². The van der Waals surface area contributed by atoms with Gasteiger partial charge in [0, 0.05) is 12.8 Å². The normalized spacial score (nSPS) is 19.7. The van der Waals surface area contributed by atoms with E-state index in [0.717, 1.165) is 22.5 Å². The van der Waals surface area contributed by atoms with E-state index in [2.05, 4.69) is 27.4 Å². The van der Waals surface area contributed by atoms with Gasteiger partial charge in [-0.15, -0.1) is 10.2 Å². The van der Waals surface area contributed by atoms with Crippen molar-refractivity contribution in [1.82, 2.24) is 14.8 Å². The van der Waals surface area contributed by atoms with Crippen molar-refractivity contribution in [2.24, 2.45) is 12.5 Å². The minimum Gasteiger partial charge on any atom is -0.309 e. The molecule has 0 saturated heterocycles. The number of nitrogens with zero attached hydrogens (tertiary/aromatic N) is 3. The topological polar surface area (TPSA) is 30.7 Å². The van der Waals surface area contributed by atoms with Gasteiger partial charge in [0.25, 0.3) is 0 Å². The zero-order chi connectivity index (χ0) is 13.0. The SMILES string of the molecule is Cc1nnc(SCC2(CS)CCCCCC2)n1C. The van der Waals surface area contributed by atoms with Gasteiger partial charge >= 0.3 is 0 Å². The first-order valence-corrected chi connectivity index (χ1v) is 8.38. The van der Waals surface area contributed by atoms with Gasteiger partial charge in [-0.05, 0) is 30.9 Å². The molecule has 0 bridgehead atoms. The van der Waals surface area contributed by atoms with Crippen molar-refractivity contribution in [2.75, 3.05) is 11.5 Å². The van der Waals surface area contributed by atoms with E-state index in [0.29, 0.717) is 5.41 Å². The Morgan fingerprint density at radius 2 is 1.89 bits per heavy atom. The molecule has 1 aromatic rings. The summed E-state index contributed by atoms with van der Waals surface area (Å²) < 4.78 is 2.08. The van der Waals surface area contributed by atoms with E-state index >= 15 is 0 Å². The van der Waals surface area contributed by atoms with Crippen molar-refractivity contribution in [2.45, 2.75) is 50.6 Å². The van der Waals surface area contributed by atoms with E-state index in [1.807, 2.05) is 25.7 Å². The van der Waals surface area contributed by atoms with Gasteiger partial charge in [-0.2, -0.15) is 12.6 Å². The van der Waals surface area contributed by atoms with Crippen LogP contribution in [0.2, 0.25) is 0 Å². The Kier molecular flexibility index (Phi) is 5.01. The second kappa shape index (κ2) is 6.33. The summed E-state index contributed by atoms with van der Waals surface area (Å²) in [5.74, 6) is 3.11. The van der Waals surface area contributed by atoms with Gasteiger partial charge in [0.05, 0.1) is 0 Å². The molecule has 3 nitrogen and oxygen atoms in total. The molecule has 102 valence electrons. The number of aryl methyl sites for hydroxylation is 1. The van der Waals surface area contributed by atoms with Crippen molar-refractivity contribution in [3.05, 3.63) is 5.82 Å². The summed E-state index contributed by atoms with van der Waals surface area (Å²) >= 11 is 6.47. The van der Waals surface area contributed by atoms with Crippen LogP contribution in [-0.2, 0) is 7.05 Å². The third-order valence-corrected chi connectivity index (χ3v) is 6.10. The summed E-state index contributed by atoms with van der Waals surface area (Å²) in [7, 11) is 2.04. The van der Waals surface area contributed by atoms with Crippen LogP contribution in [0.1, 0.15) is 44.3 Å². The fourth-order valence-electron chi connectivity index (χ4n) is 2.56. The van der Waals surface area contributed by atoms with Crippen LogP contribution >= 0.6 is 24.4 Å². The molecule has 1 saturated carbocycles. The summed E-state index contributed by atoms with van der Waals surface area (Å²) in [4.78, 5) is 0. The van der Waals surface area contributed by atoms with Crippen LogP contribution in [-0.4, -0.2) is 26.3 Å². The lowest BCUT2D eigenvalue weighted by molar-refractivity contribution is 0.332. The molecule has 0 unspecified atom stereocenters. The molecule has 0 radical (unpaired) electrons. The van der Waals surface area contributed by atoms with Crippen LogP contribution < -0.4 is 0 Å². The minimum atomic E-state index is 0.407. The Hall–Kier alpha value is -0.160. The first kappa shape index (κ1) is 14.3. The molecule has 0 aliphatic heterocycles. The van der Waals surface area contributed by atoms with Gasteiger partial charge < -0.3 is 4.57 Å². The Balaban J connectivity index is 1.99. The predicted molar refractivity (Wildman–Crippen MR) is 80.5 cm³/mol. The largest absolute Gasteiger partial charge is 0.309 e. The highest BCUT2D eigenvalue weighted by Crippen LogP contribution is 2.40. The Morgan fingerprint density at radius 3 is 2.39 bits per heavy atom. The van der Waals surface area contributed by atoms with Crippen LogP contribution in [0, 0.1) is 12.3 Å². The summed E-state index contributed by atoms with van der Waals surface area (Å²) in [6.45, 7) is 2.00. The molecule has 5 heteroatoms. The van der Waals surface area contributed by atoms with Gasteiger partial charge in [0.15, 0.2) is 5.16 Å².